The van der Waals surface area contributed by atoms with Gasteiger partial charge in [0.05, 0.1) is 0 Å². The van der Waals surface area contributed by atoms with E-state index < -0.39 is 0 Å². The van der Waals surface area contributed by atoms with Crippen molar-refractivity contribution in [2.75, 3.05) is 0 Å². The Labute approximate surface area is 111 Å². The van der Waals surface area contributed by atoms with E-state index in [0.29, 0.717) is 0 Å². The summed E-state index contributed by atoms with van der Waals surface area (Å²) in [7, 11) is 0. The average molecular weight is 240 g/mol. The highest BCUT2D eigenvalue weighted by Crippen LogP contribution is 2.28. The van der Waals surface area contributed by atoms with Gasteiger partial charge >= 0.3 is 0 Å². The topological polar surface area (TPSA) is 0 Å². The minimum atomic E-state index is 0.877. The van der Waals surface area contributed by atoms with Gasteiger partial charge in [-0.15, -0.1) is 0 Å². The van der Waals surface area contributed by atoms with Crippen LogP contribution in [0.25, 0.3) is 0 Å². The second-order valence-corrected chi connectivity index (χ2v) is 6.56. The molecule has 0 fully saturated rings. The van der Waals surface area contributed by atoms with Gasteiger partial charge in [-0.25, -0.2) is 0 Å². The van der Waals surface area contributed by atoms with Crippen LogP contribution in [0.3, 0.4) is 0 Å². The average Bonchev–Trinajstić information content (AvgIpc) is 2.31. The lowest BCUT2D eigenvalue weighted by Crippen LogP contribution is -2.13. The van der Waals surface area contributed by atoms with Crippen LogP contribution in [0.15, 0.2) is 0 Å². The molecule has 104 valence electrons. The van der Waals surface area contributed by atoms with Crippen LogP contribution in [0.4, 0.5) is 0 Å². The van der Waals surface area contributed by atoms with E-state index in [1.807, 2.05) is 0 Å². The van der Waals surface area contributed by atoms with Crippen LogP contribution in [-0.4, -0.2) is 0 Å². The van der Waals surface area contributed by atoms with Crippen molar-refractivity contribution < 1.29 is 0 Å². The summed E-state index contributed by atoms with van der Waals surface area (Å²) in [6.07, 6.45) is 9.91. The molecule has 17 heavy (non-hydrogen) atoms. The fourth-order valence-electron chi connectivity index (χ4n) is 2.54. The standard InChI is InChI=1S/C17H36/c1-7-15(5)12-13-17(16(6)8-2)11-9-10-14(3)4/h14-17H,7-13H2,1-6H3. The molecule has 0 aromatic rings. The van der Waals surface area contributed by atoms with E-state index in [9.17, 15) is 0 Å². The third-order valence-corrected chi connectivity index (χ3v) is 4.53. The third-order valence-electron chi connectivity index (χ3n) is 4.53. The summed E-state index contributed by atoms with van der Waals surface area (Å²) in [5, 5.41) is 0. The van der Waals surface area contributed by atoms with E-state index >= 15 is 0 Å². The van der Waals surface area contributed by atoms with Gasteiger partial charge in [0.25, 0.3) is 0 Å². The number of hydrogen-bond acceptors (Lipinski definition) is 0. The van der Waals surface area contributed by atoms with Gasteiger partial charge in [0.2, 0.25) is 0 Å². The van der Waals surface area contributed by atoms with E-state index in [2.05, 4.69) is 41.5 Å². The van der Waals surface area contributed by atoms with Gasteiger partial charge in [0.15, 0.2) is 0 Å². The zero-order chi connectivity index (χ0) is 13.3. The second-order valence-electron chi connectivity index (χ2n) is 6.56. The highest BCUT2D eigenvalue weighted by molar-refractivity contribution is 4.68. The summed E-state index contributed by atoms with van der Waals surface area (Å²) in [5.41, 5.74) is 0. The van der Waals surface area contributed by atoms with Crippen molar-refractivity contribution in [2.24, 2.45) is 23.7 Å². The van der Waals surface area contributed by atoms with E-state index in [1.165, 1.54) is 44.9 Å². The molecule has 0 heterocycles. The zero-order valence-electron chi connectivity index (χ0n) is 13.3. The van der Waals surface area contributed by atoms with Crippen molar-refractivity contribution in [3.8, 4) is 0 Å². The Hall–Kier alpha value is 0. The molecule has 0 N–H and O–H groups in total. The van der Waals surface area contributed by atoms with Crippen LogP contribution in [0, 0.1) is 23.7 Å². The van der Waals surface area contributed by atoms with Crippen LogP contribution < -0.4 is 0 Å². The molecule has 0 aliphatic rings. The molecule has 3 atom stereocenters. The van der Waals surface area contributed by atoms with Gasteiger partial charge in [0.1, 0.15) is 0 Å². The first-order valence-electron chi connectivity index (χ1n) is 8.01. The largest absolute Gasteiger partial charge is 0.0651 e. The third kappa shape index (κ3) is 8.69. The van der Waals surface area contributed by atoms with Crippen molar-refractivity contribution in [2.45, 2.75) is 86.5 Å². The van der Waals surface area contributed by atoms with Gasteiger partial charge in [-0.05, 0) is 30.1 Å². The van der Waals surface area contributed by atoms with E-state index in [4.69, 9.17) is 0 Å². The number of hydrogen-bond donors (Lipinski definition) is 0. The molecule has 0 aromatic carbocycles. The van der Waals surface area contributed by atoms with Crippen molar-refractivity contribution in [1.29, 1.82) is 0 Å². The van der Waals surface area contributed by atoms with Gasteiger partial charge in [0, 0.05) is 0 Å². The first-order chi connectivity index (χ1) is 8.01. The van der Waals surface area contributed by atoms with Crippen molar-refractivity contribution >= 4 is 0 Å². The lowest BCUT2D eigenvalue weighted by molar-refractivity contribution is 0.271. The maximum absolute atomic E-state index is 2.46. The molecule has 0 aromatic heterocycles. The molecule has 0 radical (unpaired) electrons. The molecular formula is C17H36. The molecule has 0 saturated carbocycles. The Bertz CT molecular complexity index is 159. The molecule has 0 aliphatic carbocycles. The molecule has 3 unspecified atom stereocenters. The van der Waals surface area contributed by atoms with Crippen molar-refractivity contribution in [3.05, 3.63) is 0 Å². The molecule has 0 heteroatoms. The molecule has 0 nitrogen and oxygen atoms in total. The molecule has 0 saturated heterocycles. The summed E-state index contributed by atoms with van der Waals surface area (Å²) in [5.74, 6) is 3.70. The molecule has 0 amide bonds. The first kappa shape index (κ1) is 17.0. The predicted octanol–water partition coefficient (Wildman–Crippen LogP) is 6.30. The van der Waals surface area contributed by atoms with Crippen LogP contribution in [0.2, 0.25) is 0 Å². The molecular weight excluding hydrogens is 204 g/mol. The Kier molecular flexibility index (Phi) is 9.97. The quantitative estimate of drug-likeness (QED) is 0.420. The van der Waals surface area contributed by atoms with Crippen LogP contribution in [0.5, 0.6) is 0 Å². The maximum atomic E-state index is 2.46. The van der Waals surface area contributed by atoms with Crippen LogP contribution in [-0.2, 0) is 0 Å². The smallest absolute Gasteiger partial charge is 0.0388 e. The summed E-state index contributed by atoms with van der Waals surface area (Å²) < 4.78 is 0. The van der Waals surface area contributed by atoms with Gasteiger partial charge in [-0.3, -0.25) is 0 Å². The minimum Gasteiger partial charge on any atom is -0.0651 e. The first-order valence-corrected chi connectivity index (χ1v) is 8.01. The highest BCUT2D eigenvalue weighted by atomic mass is 14.2. The van der Waals surface area contributed by atoms with Crippen LogP contribution >= 0.6 is 0 Å². The Morgan fingerprint density at radius 2 is 1.35 bits per heavy atom. The Balaban J connectivity index is 3.96. The van der Waals surface area contributed by atoms with Crippen LogP contribution in [0.1, 0.15) is 86.5 Å². The maximum Gasteiger partial charge on any atom is -0.0388 e. The molecule has 0 spiro atoms. The number of rotatable bonds is 10. The highest BCUT2D eigenvalue weighted by Gasteiger charge is 2.16. The lowest BCUT2D eigenvalue weighted by Gasteiger charge is -2.24. The molecule has 0 bridgehead atoms. The lowest BCUT2D eigenvalue weighted by atomic mass is 9.81. The minimum absolute atomic E-state index is 0.877. The van der Waals surface area contributed by atoms with E-state index in [1.54, 1.807) is 0 Å². The van der Waals surface area contributed by atoms with Crippen molar-refractivity contribution in [3.63, 3.8) is 0 Å². The van der Waals surface area contributed by atoms with Gasteiger partial charge < -0.3 is 0 Å². The zero-order valence-corrected chi connectivity index (χ0v) is 13.3. The van der Waals surface area contributed by atoms with Crippen molar-refractivity contribution in [1.82, 2.24) is 0 Å². The molecule has 0 aliphatic heterocycles. The normalized spacial score (nSPS) is 17.1. The summed E-state index contributed by atoms with van der Waals surface area (Å²) in [6, 6.07) is 0. The Morgan fingerprint density at radius 3 is 1.82 bits per heavy atom. The monoisotopic (exact) mass is 240 g/mol. The predicted molar refractivity (Wildman–Crippen MR) is 80.3 cm³/mol. The summed E-state index contributed by atoms with van der Waals surface area (Å²) in [4.78, 5) is 0. The van der Waals surface area contributed by atoms with E-state index in [-0.39, 0.29) is 0 Å². The Morgan fingerprint density at radius 1 is 0.706 bits per heavy atom. The van der Waals surface area contributed by atoms with Gasteiger partial charge in [-0.1, -0.05) is 80.1 Å². The van der Waals surface area contributed by atoms with Gasteiger partial charge in [-0.2, -0.15) is 0 Å². The van der Waals surface area contributed by atoms with E-state index in [0.717, 1.165) is 23.7 Å². The summed E-state index contributed by atoms with van der Waals surface area (Å²) in [6.45, 7) is 14.2. The fraction of sp³-hybridized carbons (Fsp3) is 1.00. The second kappa shape index (κ2) is 9.97. The summed E-state index contributed by atoms with van der Waals surface area (Å²) >= 11 is 0. The SMILES string of the molecule is CCC(C)CCC(CCCC(C)C)C(C)CC. The molecule has 0 rings (SSSR count). The fourth-order valence-corrected chi connectivity index (χ4v) is 2.54.